The summed E-state index contributed by atoms with van der Waals surface area (Å²) < 4.78 is 0. The van der Waals surface area contributed by atoms with E-state index in [2.05, 4.69) is 44.5 Å². The van der Waals surface area contributed by atoms with E-state index in [0.29, 0.717) is 17.7 Å². The smallest absolute Gasteiger partial charge is 0.227 e. The molecule has 1 atom stereocenters. The normalized spacial score (nSPS) is 16.8. The number of benzene rings is 1. The molecular weight excluding hydrogens is 226 g/mol. The molecule has 0 saturated heterocycles. The van der Waals surface area contributed by atoms with Gasteiger partial charge in [0.15, 0.2) is 0 Å². The average molecular weight is 241 g/mol. The number of nitrogens with zero attached hydrogens (tertiary/aromatic N) is 3. The van der Waals surface area contributed by atoms with Crippen molar-refractivity contribution in [2.45, 2.75) is 19.3 Å². The van der Waals surface area contributed by atoms with Gasteiger partial charge in [-0.2, -0.15) is 15.0 Å². The Balaban J connectivity index is 1.66. The lowest BCUT2D eigenvalue weighted by Crippen LogP contribution is -2.25. The molecule has 1 aliphatic carbocycles. The number of nitrogens with one attached hydrogen (secondary N) is 1. The Kier molecular flexibility index (Phi) is 2.59. The molecule has 92 valence electrons. The molecule has 3 N–H and O–H groups in total. The van der Waals surface area contributed by atoms with Crippen LogP contribution in [0.2, 0.25) is 0 Å². The Bertz CT molecular complexity index is 561. The number of nitrogens with two attached hydrogens (primary N) is 1. The lowest BCUT2D eigenvalue weighted by atomic mass is 9.78. The summed E-state index contributed by atoms with van der Waals surface area (Å²) >= 11 is 0. The number of anilines is 2. The quantitative estimate of drug-likeness (QED) is 0.851. The van der Waals surface area contributed by atoms with E-state index in [0.717, 1.165) is 13.0 Å². The van der Waals surface area contributed by atoms with E-state index in [4.69, 9.17) is 5.73 Å². The molecule has 5 nitrogen and oxygen atoms in total. The van der Waals surface area contributed by atoms with E-state index in [9.17, 15) is 0 Å². The van der Waals surface area contributed by atoms with Crippen molar-refractivity contribution in [3.63, 3.8) is 0 Å². The molecule has 1 aromatic heterocycles. The molecule has 0 fully saturated rings. The van der Waals surface area contributed by atoms with Gasteiger partial charge in [0.1, 0.15) is 5.82 Å². The van der Waals surface area contributed by atoms with Crippen molar-refractivity contribution in [3.8, 4) is 0 Å². The monoisotopic (exact) mass is 241 g/mol. The summed E-state index contributed by atoms with van der Waals surface area (Å²) in [5.74, 6) is 2.00. The second-order valence-corrected chi connectivity index (χ2v) is 4.55. The van der Waals surface area contributed by atoms with Crippen LogP contribution >= 0.6 is 0 Å². The number of nitrogen functional groups attached to an aromatic ring is 1. The van der Waals surface area contributed by atoms with E-state index < -0.39 is 0 Å². The lowest BCUT2D eigenvalue weighted by molar-refractivity contribution is 0.633. The fourth-order valence-corrected chi connectivity index (χ4v) is 2.34. The number of hydrogen-bond acceptors (Lipinski definition) is 5. The SMILES string of the molecule is Cc1nc(N)nc(NCC2Cc3ccccc32)n1. The minimum atomic E-state index is 0.263. The van der Waals surface area contributed by atoms with Crippen LogP contribution < -0.4 is 11.1 Å². The van der Waals surface area contributed by atoms with Gasteiger partial charge in [0.25, 0.3) is 0 Å². The van der Waals surface area contributed by atoms with Crippen LogP contribution in [0.5, 0.6) is 0 Å². The van der Waals surface area contributed by atoms with E-state index in [1.807, 2.05) is 6.92 Å². The molecule has 1 heterocycles. The van der Waals surface area contributed by atoms with Crippen LogP contribution in [0.15, 0.2) is 24.3 Å². The molecule has 0 radical (unpaired) electrons. The van der Waals surface area contributed by atoms with Crippen LogP contribution in [0.3, 0.4) is 0 Å². The molecule has 1 aromatic carbocycles. The summed E-state index contributed by atoms with van der Waals surface area (Å²) in [6, 6.07) is 8.52. The van der Waals surface area contributed by atoms with E-state index in [1.54, 1.807) is 0 Å². The van der Waals surface area contributed by atoms with Gasteiger partial charge in [0.05, 0.1) is 0 Å². The molecule has 1 aliphatic rings. The third-order valence-electron chi connectivity index (χ3n) is 3.23. The number of aromatic nitrogens is 3. The second-order valence-electron chi connectivity index (χ2n) is 4.55. The minimum Gasteiger partial charge on any atom is -0.368 e. The average Bonchev–Trinajstić information content (AvgIpc) is 2.29. The first-order valence-corrected chi connectivity index (χ1v) is 6.02. The maximum Gasteiger partial charge on any atom is 0.227 e. The highest BCUT2D eigenvalue weighted by Gasteiger charge is 2.25. The Morgan fingerprint density at radius 2 is 2.11 bits per heavy atom. The second kappa shape index (κ2) is 4.25. The molecule has 5 heteroatoms. The Morgan fingerprint density at radius 3 is 2.89 bits per heavy atom. The molecule has 0 amide bonds. The van der Waals surface area contributed by atoms with Crippen molar-refractivity contribution in [1.29, 1.82) is 0 Å². The first kappa shape index (κ1) is 11.0. The first-order chi connectivity index (χ1) is 8.72. The maximum absolute atomic E-state index is 5.59. The molecule has 0 spiro atoms. The predicted octanol–water partition coefficient (Wildman–Crippen LogP) is 1.51. The van der Waals surface area contributed by atoms with Gasteiger partial charge in [-0.15, -0.1) is 0 Å². The third-order valence-corrected chi connectivity index (χ3v) is 3.23. The molecule has 0 saturated carbocycles. The van der Waals surface area contributed by atoms with E-state index >= 15 is 0 Å². The molecule has 18 heavy (non-hydrogen) atoms. The van der Waals surface area contributed by atoms with Crippen molar-refractivity contribution in [3.05, 3.63) is 41.2 Å². The van der Waals surface area contributed by atoms with Gasteiger partial charge >= 0.3 is 0 Å². The summed E-state index contributed by atoms with van der Waals surface area (Å²) in [5.41, 5.74) is 8.45. The number of hydrogen-bond donors (Lipinski definition) is 2. The van der Waals surface area contributed by atoms with Gasteiger partial charge in [0, 0.05) is 12.5 Å². The highest BCUT2D eigenvalue weighted by molar-refractivity contribution is 5.42. The van der Waals surface area contributed by atoms with Crippen molar-refractivity contribution >= 4 is 11.9 Å². The van der Waals surface area contributed by atoms with Gasteiger partial charge < -0.3 is 11.1 Å². The Hall–Kier alpha value is -2.17. The van der Waals surface area contributed by atoms with Crippen molar-refractivity contribution in [1.82, 2.24) is 15.0 Å². The highest BCUT2D eigenvalue weighted by Crippen LogP contribution is 2.34. The van der Waals surface area contributed by atoms with Crippen molar-refractivity contribution < 1.29 is 0 Å². The van der Waals surface area contributed by atoms with Gasteiger partial charge in [-0.1, -0.05) is 24.3 Å². The van der Waals surface area contributed by atoms with Crippen LogP contribution in [0.1, 0.15) is 22.9 Å². The molecular formula is C13H15N5. The van der Waals surface area contributed by atoms with Gasteiger partial charge in [0.2, 0.25) is 11.9 Å². The number of rotatable bonds is 3. The maximum atomic E-state index is 5.59. The zero-order valence-electron chi connectivity index (χ0n) is 10.2. The summed E-state index contributed by atoms with van der Waals surface area (Å²) in [4.78, 5) is 12.2. The standard InChI is InChI=1S/C13H15N5/c1-8-16-12(14)18-13(17-8)15-7-10-6-9-4-2-3-5-11(9)10/h2-5,10H,6-7H2,1H3,(H3,14,15,16,17,18). The summed E-state index contributed by atoms with van der Waals surface area (Å²) in [6.07, 6.45) is 1.11. The largest absolute Gasteiger partial charge is 0.368 e. The fraction of sp³-hybridized carbons (Fsp3) is 0.308. The fourth-order valence-electron chi connectivity index (χ4n) is 2.34. The zero-order chi connectivity index (χ0) is 12.5. The Labute approximate surface area is 105 Å². The number of fused-ring (bicyclic) bond motifs is 1. The van der Waals surface area contributed by atoms with Gasteiger partial charge in [-0.3, -0.25) is 0 Å². The summed E-state index contributed by atoms with van der Waals surface area (Å²) in [7, 11) is 0. The molecule has 3 rings (SSSR count). The lowest BCUT2D eigenvalue weighted by Gasteiger charge is -2.30. The first-order valence-electron chi connectivity index (χ1n) is 6.02. The van der Waals surface area contributed by atoms with Crippen LogP contribution in [0, 0.1) is 6.92 Å². The topological polar surface area (TPSA) is 76.7 Å². The molecule has 0 bridgehead atoms. The van der Waals surface area contributed by atoms with Crippen LogP contribution in [-0.2, 0) is 6.42 Å². The minimum absolute atomic E-state index is 0.263. The Morgan fingerprint density at radius 1 is 1.28 bits per heavy atom. The molecule has 1 unspecified atom stereocenters. The summed E-state index contributed by atoms with van der Waals surface area (Å²) in [6.45, 7) is 2.64. The predicted molar refractivity (Wildman–Crippen MR) is 70.4 cm³/mol. The van der Waals surface area contributed by atoms with Gasteiger partial charge in [-0.25, -0.2) is 0 Å². The third kappa shape index (κ3) is 1.99. The molecule has 0 aliphatic heterocycles. The van der Waals surface area contributed by atoms with Crippen LogP contribution in [0.25, 0.3) is 0 Å². The summed E-state index contributed by atoms with van der Waals surface area (Å²) in [5, 5.41) is 3.23. The number of aryl methyl sites for hydroxylation is 1. The van der Waals surface area contributed by atoms with E-state index in [1.165, 1.54) is 11.1 Å². The van der Waals surface area contributed by atoms with Crippen LogP contribution in [-0.4, -0.2) is 21.5 Å². The van der Waals surface area contributed by atoms with E-state index in [-0.39, 0.29) is 5.95 Å². The van der Waals surface area contributed by atoms with Crippen molar-refractivity contribution in [2.75, 3.05) is 17.6 Å². The van der Waals surface area contributed by atoms with Gasteiger partial charge in [-0.05, 0) is 24.5 Å². The van der Waals surface area contributed by atoms with Crippen LogP contribution in [0.4, 0.5) is 11.9 Å². The molecule has 2 aromatic rings. The van der Waals surface area contributed by atoms with Crippen molar-refractivity contribution in [2.24, 2.45) is 0 Å². The highest BCUT2D eigenvalue weighted by atomic mass is 15.2. The zero-order valence-corrected chi connectivity index (χ0v) is 10.2.